The molecule has 3 aromatic carbocycles. The van der Waals surface area contributed by atoms with Crippen molar-refractivity contribution in [2.75, 3.05) is 10.8 Å². The number of hydrogen-bond donors (Lipinski definition) is 1. The first-order chi connectivity index (χ1) is 18.2. The van der Waals surface area contributed by atoms with Crippen LogP contribution in [0.3, 0.4) is 0 Å². The number of amides is 2. The third kappa shape index (κ3) is 8.11. The van der Waals surface area contributed by atoms with Crippen molar-refractivity contribution >= 4 is 62.3 Å². The summed E-state index contributed by atoms with van der Waals surface area (Å²) in [5.74, 6) is -1.00. The van der Waals surface area contributed by atoms with E-state index in [9.17, 15) is 18.0 Å². The normalized spacial score (nSPS) is 12.5. The largest absolute Gasteiger partial charge is 0.350 e. The Balaban J connectivity index is 2.06. The summed E-state index contributed by atoms with van der Waals surface area (Å²) in [6.07, 6.45) is 0. The number of anilines is 1. The van der Waals surface area contributed by atoms with Gasteiger partial charge in [-0.3, -0.25) is 13.9 Å². The van der Waals surface area contributed by atoms with Crippen LogP contribution in [-0.4, -0.2) is 43.3 Å². The van der Waals surface area contributed by atoms with Crippen molar-refractivity contribution in [1.29, 1.82) is 0 Å². The molecule has 0 saturated heterocycles. The average Bonchev–Trinajstić information content (AvgIpc) is 2.85. The number of nitrogens with zero attached hydrogens (tertiary/aromatic N) is 2. The molecule has 7 nitrogen and oxygen atoms in total. The van der Waals surface area contributed by atoms with E-state index in [-0.39, 0.29) is 28.1 Å². The molecule has 39 heavy (non-hydrogen) atoms. The second-order valence-corrected chi connectivity index (χ2v) is 13.1. The number of nitrogens with one attached hydrogen (secondary N) is 1. The molecule has 0 aliphatic carbocycles. The van der Waals surface area contributed by atoms with E-state index in [0.29, 0.717) is 15.6 Å². The van der Waals surface area contributed by atoms with Crippen molar-refractivity contribution in [1.82, 2.24) is 10.2 Å². The molecule has 1 unspecified atom stereocenters. The predicted octanol–water partition coefficient (Wildman–Crippen LogP) is 6.17. The molecule has 0 aliphatic heterocycles. The van der Waals surface area contributed by atoms with Crippen LogP contribution in [-0.2, 0) is 26.2 Å². The van der Waals surface area contributed by atoms with E-state index in [4.69, 9.17) is 34.8 Å². The molecule has 0 bridgehead atoms. The van der Waals surface area contributed by atoms with Gasteiger partial charge in [-0.2, -0.15) is 0 Å². The van der Waals surface area contributed by atoms with Gasteiger partial charge in [-0.05, 0) is 75.7 Å². The fourth-order valence-corrected chi connectivity index (χ4v) is 6.03. The van der Waals surface area contributed by atoms with Gasteiger partial charge in [0.25, 0.3) is 10.0 Å². The van der Waals surface area contributed by atoms with Gasteiger partial charge in [0.1, 0.15) is 12.6 Å². The van der Waals surface area contributed by atoms with Crippen molar-refractivity contribution in [3.63, 3.8) is 0 Å². The van der Waals surface area contributed by atoms with Crippen LogP contribution in [0.5, 0.6) is 0 Å². The fraction of sp³-hybridized carbons (Fsp3) is 0.286. The topological polar surface area (TPSA) is 86.8 Å². The highest BCUT2D eigenvalue weighted by atomic mass is 35.5. The Kier molecular flexibility index (Phi) is 9.93. The standard InChI is InChI=1S/C28H30Cl3N3O4S/c1-19(27(36)32-28(2,3)4)33(17-20-9-8-10-21(29)15-20)26(35)18-34(25-14-13-22(30)16-24(25)31)39(37,38)23-11-6-5-7-12-23/h5-16,19H,17-18H2,1-4H3,(H,32,36). The summed E-state index contributed by atoms with van der Waals surface area (Å²) in [5, 5.41) is 3.71. The van der Waals surface area contributed by atoms with Crippen LogP contribution < -0.4 is 9.62 Å². The van der Waals surface area contributed by atoms with Crippen LogP contribution in [0, 0.1) is 0 Å². The third-order valence-corrected chi connectivity index (χ3v) is 8.24. The van der Waals surface area contributed by atoms with Crippen molar-refractivity contribution in [3.05, 3.63) is 93.4 Å². The van der Waals surface area contributed by atoms with Crippen LogP contribution >= 0.6 is 34.8 Å². The van der Waals surface area contributed by atoms with E-state index in [1.165, 1.54) is 35.2 Å². The minimum absolute atomic E-state index is 0.0195. The van der Waals surface area contributed by atoms with Gasteiger partial charge in [-0.15, -0.1) is 0 Å². The lowest BCUT2D eigenvalue weighted by Crippen LogP contribution is -2.54. The molecule has 0 aliphatic rings. The summed E-state index contributed by atoms with van der Waals surface area (Å²) in [4.78, 5) is 28.3. The zero-order chi connectivity index (χ0) is 29.0. The van der Waals surface area contributed by atoms with Crippen molar-refractivity contribution in [2.24, 2.45) is 0 Å². The van der Waals surface area contributed by atoms with Crippen LogP contribution in [0.2, 0.25) is 15.1 Å². The lowest BCUT2D eigenvalue weighted by molar-refractivity contribution is -0.140. The Labute approximate surface area is 244 Å². The van der Waals surface area contributed by atoms with E-state index in [1.54, 1.807) is 49.4 Å². The maximum atomic E-state index is 13.9. The molecule has 0 spiro atoms. The SMILES string of the molecule is CC(C(=O)NC(C)(C)C)N(Cc1cccc(Cl)c1)C(=O)CN(c1ccc(Cl)cc1Cl)S(=O)(=O)c1ccccc1. The van der Waals surface area contributed by atoms with Crippen LogP contribution in [0.15, 0.2) is 77.7 Å². The van der Waals surface area contributed by atoms with E-state index in [1.807, 2.05) is 20.8 Å². The minimum atomic E-state index is -4.24. The smallest absolute Gasteiger partial charge is 0.264 e. The van der Waals surface area contributed by atoms with Crippen molar-refractivity contribution < 1.29 is 18.0 Å². The summed E-state index contributed by atoms with van der Waals surface area (Å²) < 4.78 is 28.5. The van der Waals surface area contributed by atoms with E-state index < -0.39 is 34.1 Å². The summed E-state index contributed by atoms with van der Waals surface area (Å²) in [5.41, 5.74) is 0.205. The van der Waals surface area contributed by atoms with Gasteiger partial charge in [-0.1, -0.05) is 65.1 Å². The van der Waals surface area contributed by atoms with Crippen LogP contribution in [0.1, 0.15) is 33.3 Å². The first-order valence-electron chi connectivity index (χ1n) is 12.1. The second kappa shape index (κ2) is 12.6. The van der Waals surface area contributed by atoms with Crippen molar-refractivity contribution in [3.8, 4) is 0 Å². The van der Waals surface area contributed by atoms with Gasteiger partial charge in [0.15, 0.2) is 0 Å². The zero-order valence-electron chi connectivity index (χ0n) is 22.0. The molecular weight excluding hydrogens is 581 g/mol. The molecule has 0 radical (unpaired) electrons. The van der Waals surface area contributed by atoms with E-state index >= 15 is 0 Å². The summed E-state index contributed by atoms with van der Waals surface area (Å²) in [7, 11) is -4.24. The van der Waals surface area contributed by atoms with Crippen LogP contribution in [0.4, 0.5) is 5.69 Å². The highest BCUT2D eigenvalue weighted by Gasteiger charge is 2.34. The van der Waals surface area contributed by atoms with Crippen LogP contribution in [0.25, 0.3) is 0 Å². The van der Waals surface area contributed by atoms with Gasteiger partial charge in [0, 0.05) is 22.1 Å². The summed E-state index contributed by atoms with van der Waals surface area (Å²) in [6.45, 7) is 6.49. The maximum absolute atomic E-state index is 13.9. The molecule has 1 atom stereocenters. The molecule has 0 aromatic heterocycles. The Hall–Kier alpha value is -2.78. The number of hydrogen-bond acceptors (Lipinski definition) is 4. The molecule has 11 heteroatoms. The maximum Gasteiger partial charge on any atom is 0.264 e. The fourth-order valence-electron chi connectivity index (χ4n) is 3.81. The lowest BCUT2D eigenvalue weighted by atomic mass is 10.1. The summed E-state index contributed by atoms with van der Waals surface area (Å²) >= 11 is 18.6. The highest BCUT2D eigenvalue weighted by Crippen LogP contribution is 2.33. The van der Waals surface area contributed by atoms with Gasteiger partial charge in [0.2, 0.25) is 11.8 Å². The minimum Gasteiger partial charge on any atom is -0.350 e. The first-order valence-corrected chi connectivity index (χ1v) is 14.7. The molecule has 0 fully saturated rings. The zero-order valence-corrected chi connectivity index (χ0v) is 25.1. The Bertz CT molecular complexity index is 1440. The molecule has 3 aromatic rings. The Morgan fingerprint density at radius 1 is 0.897 bits per heavy atom. The number of benzene rings is 3. The number of sulfonamides is 1. The average molecular weight is 611 g/mol. The quantitative estimate of drug-likeness (QED) is 0.314. The Morgan fingerprint density at radius 3 is 2.13 bits per heavy atom. The number of halogens is 3. The molecule has 1 N–H and O–H groups in total. The van der Waals surface area contributed by atoms with Crippen molar-refractivity contribution in [2.45, 2.75) is 50.7 Å². The summed E-state index contributed by atoms with van der Waals surface area (Å²) in [6, 6.07) is 18.0. The van der Waals surface area contributed by atoms with Gasteiger partial charge in [0.05, 0.1) is 15.6 Å². The second-order valence-electron chi connectivity index (χ2n) is 9.99. The predicted molar refractivity (Wildman–Crippen MR) is 157 cm³/mol. The van der Waals surface area contributed by atoms with Gasteiger partial charge >= 0.3 is 0 Å². The monoisotopic (exact) mass is 609 g/mol. The Morgan fingerprint density at radius 2 is 1.54 bits per heavy atom. The molecular formula is C28H30Cl3N3O4S. The third-order valence-electron chi connectivity index (χ3n) is 5.70. The van der Waals surface area contributed by atoms with Gasteiger partial charge in [-0.25, -0.2) is 8.42 Å². The van der Waals surface area contributed by atoms with Gasteiger partial charge < -0.3 is 10.2 Å². The highest BCUT2D eigenvalue weighted by molar-refractivity contribution is 7.92. The molecule has 3 rings (SSSR count). The number of carbonyl (C=O) groups excluding carboxylic acids is 2. The lowest BCUT2D eigenvalue weighted by Gasteiger charge is -2.33. The molecule has 0 heterocycles. The van der Waals surface area contributed by atoms with E-state index in [2.05, 4.69) is 5.32 Å². The first kappa shape index (κ1) is 30.8. The molecule has 0 saturated carbocycles. The molecule has 2 amide bonds. The van der Waals surface area contributed by atoms with E-state index in [0.717, 1.165) is 4.31 Å². The number of rotatable bonds is 9. The molecule has 208 valence electrons. The number of carbonyl (C=O) groups is 2.